The molecule has 13 heteroatoms. The molecule has 37 heavy (non-hydrogen) atoms. The van der Waals surface area contributed by atoms with E-state index in [1.54, 1.807) is 0 Å². The van der Waals surface area contributed by atoms with Crippen molar-refractivity contribution in [1.29, 1.82) is 0 Å². The van der Waals surface area contributed by atoms with E-state index < -0.39 is 47.9 Å². The molecular weight excluding hydrogens is 480 g/mol. The lowest BCUT2D eigenvalue weighted by Gasteiger charge is -2.25. The highest BCUT2D eigenvalue weighted by molar-refractivity contribution is 5.94. The Hall–Kier alpha value is -2.32. The Bertz CT molecular complexity index is 667. The first-order valence-corrected chi connectivity index (χ1v) is 13.4. The van der Waals surface area contributed by atoms with Gasteiger partial charge in [-0.1, -0.05) is 6.42 Å². The minimum atomic E-state index is -1.16. The predicted octanol–water partition coefficient (Wildman–Crippen LogP) is -1.63. The van der Waals surface area contributed by atoms with Crippen molar-refractivity contribution in [2.75, 3.05) is 26.2 Å². The van der Waals surface area contributed by atoms with E-state index in [0.29, 0.717) is 84.0 Å². The van der Waals surface area contributed by atoms with Crippen LogP contribution in [0.4, 0.5) is 0 Å². The maximum Gasteiger partial charge on any atom is 0.326 e. The molecule has 0 aromatic rings. The van der Waals surface area contributed by atoms with Gasteiger partial charge in [-0.3, -0.25) is 14.4 Å². The number of aliphatic carboxylic acids is 1. The third-order valence-electron chi connectivity index (χ3n) is 6.03. The SMILES string of the molecule is NCCCCC(N)C(=O)NC(CCCCN)C(=O)NC(CCCCN)C(=O)NC(CCCCN)C(=O)O. The summed E-state index contributed by atoms with van der Waals surface area (Å²) in [5, 5.41) is 17.4. The Balaban J connectivity index is 5.43. The number of carboxylic acids is 1. The van der Waals surface area contributed by atoms with Gasteiger partial charge >= 0.3 is 5.97 Å². The highest BCUT2D eigenvalue weighted by Crippen LogP contribution is 2.08. The molecule has 0 aromatic carbocycles. The van der Waals surface area contributed by atoms with Crippen LogP contribution >= 0.6 is 0 Å². The van der Waals surface area contributed by atoms with Crippen LogP contribution in [0.25, 0.3) is 0 Å². The van der Waals surface area contributed by atoms with E-state index in [0.717, 1.165) is 6.42 Å². The molecule has 4 atom stereocenters. The number of nitrogens with one attached hydrogen (secondary N) is 3. The van der Waals surface area contributed by atoms with Crippen LogP contribution in [0.2, 0.25) is 0 Å². The molecule has 0 rings (SSSR count). The van der Waals surface area contributed by atoms with Gasteiger partial charge in [0, 0.05) is 0 Å². The van der Waals surface area contributed by atoms with Crippen molar-refractivity contribution in [3.63, 3.8) is 0 Å². The molecule has 13 nitrogen and oxygen atoms in total. The number of hydrogen-bond donors (Lipinski definition) is 9. The zero-order valence-corrected chi connectivity index (χ0v) is 22.1. The quantitative estimate of drug-likeness (QED) is 0.0681. The minimum Gasteiger partial charge on any atom is -0.480 e. The predicted molar refractivity (Wildman–Crippen MR) is 143 cm³/mol. The van der Waals surface area contributed by atoms with Gasteiger partial charge in [0.25, 0.3) is 0 Å². The summed E-state index contributed by atoms with van der Waals surface area (Å²) < 4.78 is 0. The summed E-state index contributed by atoms with van der Waals surface area (Å²) >= 11 is 0. The molecule has 0 saturated heterocycles. The first-order chi connectivity index (χ1) is 17.7. The van der Waals surface area contributed by atoms with Gasteiger partial charge in [0.1, 0.15) is 18.1 Å². The zero-order chi connectivity index (χ0) is 28.1. The highest BCUT2D eigenvalue weighted by atomic mass is 16.4. The number of hydrogen-bond acceptors (Lipinski definition) is 9. The molecule has 0 heterocycles. The van der Waals surface area contributed by atoms with E-state index in [-0.39, 0.29) is 12.8 Å². The molecule has 0 saturated carbocycles. The monoisotopic (exact) mass is 530 g/mol. The van der Waals surface area contributed by atoms with Gasteiger partial charge in [0.2, 0.25) is 17.7 Å². The van der Waals surface area contributed by atoms with Crippen LogP contribution in [0.5, 0.6) is 0 Å². The first kappa shape index (κ1) is 34.7. The minimum absolute atomic E-state index is 0.224. The second-order valence-electron chi connectivity index (χ2n) is 9.27. The van der Waals surface area contributed by atoms with Gasteiger partial charge in [-0.2, -0.15) is 0 Å². The lowest BCUT2D eigenvalue weighted by atomic mass is 10.0. The van der Waals surface area contributed by atoms with Crippen LogP contribution in [-0.2, 0) is 19.2 Å². The maximum absolute atomic E-state index is 13.2. The van der Waals surface area contributed by atoms with E-state index in [1.165, 1.54) is 0 Å². The average molecular weight is 531 g/mol. The zero-order valence-electron chi connectivity index (χ0n) is 22.1. The maximum atomic E-state index is 13.2. The van der Waals surface area contributed by atoms with E-state index in [2.05, 4.69) is 16.0 Å². The van der Waals surface area contributed by atoms with Crippen molar-refractivity contribution in [2.45, 2.75) is 101 Å². The van der Waals surface area contributed by atoms with E-state index in [1.807, 2.05) is 0 Å². The molecule has 4 unspecified atom stereocenters. The number of amides is 3. The number of carboxylic acid groups (broad SMARTS) is 1. The largest absolute Gasteiger partial charge is 0.480 e. The molecule has 3 amide bonds. The molecule has 0 radical (unpaired) electrons. The Morgan fingerprint density at radius 3 is 1.22 bits per heavy atom. The fourth-order valence-corrected chi connectivity index (χ4v) is 3.74. The fraction of sp³-hybridized carbons (Fsp3) is 0.833. The van der Waals surface area contributed by atoms with Crippen LogP contribution in [0.3, 0.4) is 0 Å². The summed E-state index contributed by atoms with van der Waals surface area (Å²) in [5.74, 6) is -2.76. The highest BCUT2D eigenvalue weighted by Gasteiger charge is 2.29. The molecule has 0 bridgehead atoms. The summed E-state index contributed by atoms with van der Waals surface area (Å²) in [5.41, 5.74) is 28.1. The topological polar surface area (TPSA) is 255 Å². The van der Waals surface area contributed by atoms with E-state index in [9.17, 15) is 24.3 Å². The first-order valence-electron chi connectivity index (χ1n) is 13.4. The number of carbonyl (C=O) groups excluding carboxylic acids is 3. The van der Waals surface area contributed by atoms with Crippen molar-refractivity contribution < 1.29 is 24.3 Å². The normalized spacial score (nSPS) is 14.3. The molecule has 0 aliphatic heterocycles. The molecular formula is C24H50N8O5. The van der Waals surface area contributed by atoms with Gasteiger partial charge in [0.05, 0.1) is 6.04 Å². The van der Waals surface area contributed by atoms with E-state index in [4.69, 9.17) is 28.7 Å². The molecule has 14 N–H and O–H groups in total. The van der Waals surface area contributed by atoms with Crippen molar-refractivity contribution in [1.82, 2.24) is 16.0 Å². The van der Waals surface area contributed by atoms with Gasteiger partial charge in [-0.25, -0.2) is 4.79 Å². The Morgan fingerprint density at radius 2 is 0.838 bits per heavy atom. The third kappa shape index (κ3) is 16.2. The van der Waals surface area contributed by atoms with Crippen LogP contribution in [0, 0.1) is 0 Å². The summed E-state index contributed by atoms with van der Waals surface area (Å²) in [6.07, 6.45) is 6.28. The summed E-state index contributed by atoms with van der Waals surface area (Å²) in [4.78, 5) is 50.4. The standard InChI is InChI=1S/C24H50N8O5/c25-13-5-1-9-17(29)21(33)30-18(10-2-6-14-26)22(34)31-19(11-3-7-15-27)23(35)32-20(24(36)37)12-4-8-16-28/h17-20H,1-16,25-29H2,(H,30,33)(H,31,34)(H,32,35)(H,36,37). The smallest absolute Gasteiger partial charge is 0.326 e. The summed E-state index contributed by atoms with van der Waals surface area (Å²) in [6, 6.07) is -3.78. The lowest BCUT2D eigenvalue weighted by Crippen LogP contribution is -2.57. The van der Waals surface area contributed by atoms with Crippen molar-refractivity contribution >= 4 is 23.7 Å². The summed E-state index contributed by atoms with van der Waals surface area (Å²) in [7, 11) is 0. The van der Waals surface area contributed by atoms with Crippen LogP contribution in [0.15, 0.2) is 0 Å². The van der Waals surface area contributed by atoms with Crippen molar-refractivity contribution in [2.24, 2.45) is 28.7 Å². The van der Waals surface area contributed by atoms with Crippen molar-refractivity contribution in [3.05, 3.63) is 0 Å². The Morgan fingerprint density at radius 1 is 0.514 bits per heavy atom. The van der Waals surface area contributed by atoms with Gasteiger partial charge < -0.3 is 49.7 Å². The number of nitrogens with two attached hydrogens (primary N) is 5. The molecule has 0 fully saturated rings. The number of rotatable bonds is 23. The number of carbonyl (C=O) groups is 4. The van der Waals surface area contributed by atoms with E-state index >= 15 is 0 Å². The molecule has 0 aromatic heterocycles. The molecule has 0 spiro atoms. The average Bonchev–Trinajstić information content (AvgIpc) is 2.86. The molecule has 216 valence electrons. The van der Waals surface area contributed by atoms with Gasteiger partial charge in [0.15, 0.2) is 0 Å². The Labute approximate surface area is 220 Å². The van der Waals surface area contributed by atoms with Gasteiger partial charge in [-0.05, 0) is 96.8 Å². The van der Waals surface area contributed by atoms with Gasteiger partial charge in [-0.15, -0.1) is 0 Å². The second-order valence-corrected chi connectivity index (χ2v) is 9.27. The molecule has 0 aliphatic carbocycles. The lowest BCUT2D eigenvalue weighted by molar-refractivity contribution is -0.142. The Kier molecular flexibility index (Phi) is 20.4. The van der Waals surface area contributed by atoms with Crippen LogP contribution < -0.4 is 44.6 Å². The van der Waals surface area contributed by atoms with Crippen LogP contribution in [0.1, 0.15) is 77.0 Å². The summed E-state index contributed by atoms with van der Waals surface area (Å²) in [6.45, 7) is 1.78. The molecule has 0 aliphatic rings. The third-order valence-corrected chi connectivity index (χ3v) is 6.03. The van der Waals surface area contributed by atoms with Crippen molar-refractivity contribution in [3.8, 4) is 0 Å². The second kappa shape index (κ2) is 21.7. The number of unbranched alkanes of at least 4 members (excludes halogenated alkanes) is 4. The van der Waals surface area contributed by atoms with Crippen LogP contribution in [-0.4, -0.2) is 79.1 Å². The fourth-order valence-electron chi connectivity index (χ4n) is 3.74.